The number of methoxy groups -OCH3 is 1. The summed E-state index contributed by atoms with van der Waals surface area (Å²) in [6.45, 7) is 0. The van der Waals surface area contributed by atoms with Gasteiger partial charge in [0.2, 0.25) is 0 Å². The minimum Gasteiger partial charge on any atom is -0.497 e. The zero-order valence-electron chi connectivity index (χ0n) is 10.6. The van der Waals surface area contributed by atoms with Crippen LogP contribution in [0.1, 0.15) is 25.7 Å². The minimum atomic E-state index is -0.0926. The molecule has 0 heterocycles. The predicted molar refractivity (Wildman–Crippen MR) is 69.7 cm³/mol. The molecule has 1 saturated carbocycles. The fourth-order valence-electron chi connectivity index (χ4n) is 2.49. The van der Waals surface area contributed by atoms with Crippen LogP contribution in [0.15, 0.2) is 24.3 Å². The van der Waals surface area contributed by atoms with Crippen LogP contribution in [-0.2, 0) is 0 Å². The van der Waals surface area contributed by atoms with E-state index in [-0.39, 0.29) is 6.10 Å². The Bertz CT molecular complexity index is 359. The molecule has 1 aromatic carbocycles. The Hall–Kier alpha value is -1.22. The van der Waals surface area contributed by atoms with E-state index in [2.05, 4.69) is 24.1 Å². The molecule has 0 atom stereocenters. The standard InChI is InChI=1S/C14H21NO2/c1-15(11-6-8-13(16)9-7-11)12-4-3-5-14(10-12)17-2/h3-5,10-11,13,16H,6-9H2,1-2H3. The van der Waals surface area contributed by atoms with E-state index in [4.69, 9.17) is 4.74 Å². The summed E-state index contributed by atoms with van der Waals surface area (Å²) < 4.78 is 5.24. The highest BCUT2D eigenvalue weighted by molar-refractivity contribution is 5.50. The van der Waals surface area contributed by atoms with Crippen LogP contribution in [0, 0.1) is 0 Å². The average Bonchev–Trinajstić information content (AvgIpc) is 2.39. The van der Waals surface area contributed by atoms with Crippen LogP contribution in [0.4, 0.5) is 5.69 Å². The van der Waals surface area contributed by atoms with Crippen LogP contribution in [0.25, 0.3) is 0 Å². The number of aliphatic hydroxyl groups excluding tert-OH is 1. The number of rotatable bonds is 3. The van der Waals surface area contributed by atoms with Crippen LogP contribution in [-0.4, -0.2) is 31.4 Å². The van der Waals surface area contributed by atoms with Gasteiger partial charge in [-0.05, 0) is 37.8 Å². The molecule has 2 rings (SSSR count). The van der Waals surface area contributed by atoms with E-state index >= 15 is 0 Å². The Kier molecular flexibility index (Phi) is 3.89. The quantitative estimate of drug-likeness (QED) is 0.873. The first-order valence-electron chi connectivity index (χ1n) is 6.25. The van der Waals surface area contributed by atoms with Crippen molar-refractivity contribution in [3.05, 3.63) is 24.3 Å². The lowest BCUT2D eigenvalue weighted by molar-refractivity contribution is 0.122. The molecule has 0 bridgehead atoms. The number of hydrogen-bond acceptors (Lipinski definition) is 3. The second kappa shape index (κ2) is 5.41. The first-order valence-corrected chi connectivity index (χ1v) is 6.25. The monoisotopic (exact) mass is 235 g/mol. The number of ether oxygens (including phenoxy) is 1. The largest absolute Gasteiger partial charge is 0.497 e. The summed E-state index contributed by atoms with van der Waals surface area (Å²) in [7, 11) is 3.81. The molecule has 1 aliphatic carbocycles. The van der Waals surface area contributed by atoms with E-state index in [0.29, 0.717) is 6.04 Å². The topological polar surface area (TPSA) is 32.7 Å². The van der Waals surface area contributed by atoms with Gasteiger partial charge in [-0.25, -0.2) is 0 Å². The van der Waals surface area contributed by atoms with E-state index in [9.17, 15) is 5.11 Å². The lowest BCUT2D eigenvalue weighted by atomic mass is 9.92. The molecule has 94 valence electrons. The summed E-state index contributed by atoms with van der Waals surface area (Å²) in [6, 6.07) is 8.67. The fourth-order valence-corrected chi connectivity index (χ4v) is 2.49. The molecule has 1 N–H and O–H groups in total. The fraction of sp³-hybridized carbons (Fsp3) is 0.571. The zero-order chi connectivity index (χ0) is 12.3. The van der Waals surface area contributed by atoms with Crippen LogP contribution in [0.2, 0.25) is 0 Å². The Morgan fingerprint density at radius 3 is 2.59 bits per heavy atom. The third-order valence-electron chi connectivity index (χ3n) is 3.67. The van der Waals surface area contributed by atoms with Gasteiger partial charge in [-0.2, -0.15) is 0 Å². The molecule has 3 nitrogen and oxygen atoms in total. The second-order valence-electron chi connectivity index (χ2n) is 4.77. The van der Waals surface area contributed by atoms with Gasteiger partial charge in [0, 0.05) is 24.8 Å². The molecule has 3 heteroatoms. The van der Waals surface area contributed by atoms with Crippen LogP contribution >= 0.6 is 0 Å². The number of anilines is 1. The molecule has 0 spiro atoms. The Balaban J connectivity index is 2.05. The van der Waals surface area contributed by atoms with E-state index in [0.717, 1.165) is 31.4 Å². The van der Waals surface area contributed by atoms with Gasteiger partial charge < -0.3 is 14.7 Å². The molecule has 0 unspecified atom stereocenters. The Labute approximate surface area is 103 Å². The van der Waals surface area contributed by atoms with Crippen molar-refractivity contribution in [3.63, 3.8) is 0 Å². The van der Waals surface area contributed by atoms with Gasteiger partial charge in [-0.1, -0.05) is 6.07 Å². The van der Waals surface area contributed by atoms with Crippen LogP contribution in [0.3, 0.4) is 0 Å². The maximum absolute atomic E-state index is 9.52. The maximum atomic E-state index is 9.52. The molecule has 1 fully saturated rings. The third kappa shape index (κ3) is 2.91. The molecule has 0 amide bonds. The third-order valence-corrected chi connectivity index (χ3v) is 3.67. The van der Waals surface area contributed by atoms with Crippen LogP contribution in [0.5, 0.6) is 5.75 Å². The summed E-state index contributed by atoms with van der Waals surface area (Å²) in [5, 5.41) is 9.52. The van der Waals surface area contributed by atoms with Crippen molar-refractivity contribution in [1.29, 1.82) is 0 Å². The first kappa shape index (κ1) is 12.2. The van der Waals surface area contributed by atoms with Gasteiger partial charge >= 0.3 is 0 Å². The SMILES string of the molecule is COc1cccc(N(C)C2CCC(O)CC2)c1. The van der Waals surface area contributed by atoms with Gasteiger partial charge in [-0.15, -0.1) is 0 Å². The van der Waals surface area contributed by atoms with Gasteiger partial charge in [0.25, 0.3) is 0 Å². The second-order valence-corrected chi connectivity index (χ2v) is 4.77. The summed E-state index contributed by atoms with van der Waals surface area (Å²) in [6.07, 6.45) is 3.87. The molecule has 1 aliphatic rings. The van der Waals surface area contributed by atoms with Crippen molar-refractivity contribution < 1.29 is 9.84 Å². The Morgan fingerprint density at radius 2 is 1.94 bits per heavy atom. The molecular weight excluding hydrogens is 214 g/mol. The predicted octanol–water partition coefficient (Wildman–Crippen LogP) is 2.43. The van der Waals surface area contributed by atoms with Gasteiger partial charge in [-0.3, -0.25) is 0 Å². The highest BCUT2D eigenvalue weighted by Gasteiger charge is 2.22. The summed E-state index contributed by atoms with van der Waals surface area (Å²) in [5.41, 5.74) is 1.19. The normalized spacial score (nSPS) is 24.4. The highest BCUT2D eigenvalue weighted by atomic mass is 16.5. The molecular formula is C14H21NO2. The highest BCUT2D eigenvalue weighted by Crippen LogP contribution is 2.28. The molecule has 0 aliphatic heterocycles. The summed E-state index contributed by atoms with van der Waals surface area (Å²) in [5.74, 6) is 0.894. The van der Waals surface area contributed by atoms with Gasteiger partial charge in [0.15, 0.2) is 0 Å². The van der Waals surface area contributed by atoms with E-state index in [1.807, 2.05) is 12.1 Å². The lowest BCUT2D eigenvalue weighted by Crippen LogP contribution is -2.36. The average molecular weight is 235 g/mol. The summed E-state index contributed by atoms with van der Waals surface area (Å²) >= 11 is 0. The number of hydrogen-bond donors (Lipinski definition) is 1. The summed E-state index contributed by atoms with van der Waals surface area (Å²) in [4.78, 5) is 2.30. The van der Waals surface area contributed by atoms with Gasteiger partial charge in [0.1, 0.15) is 5.75 Å². The van der Waals surface area contributed by atoms with Crippen molar-refractivity contribution in [2.75, 3.05) is 19.1 Å². The first-order chi connectivity index (χ1) is 8.20. The Morgan fingerprint density at radius 1 is 1.24 bits per heavy atom. The van der Waals surface area contributed by atoms with Crippen molar-refractivity contribution in [2.24, 2.45) is 0 Å². The van der Waals surface area contributed by atoms with E-state index in [1.54, 1.807) is 7.11 Å². The maximum Gasteiger partial charge on any atom is 0.120 e. The zero-order valence-corrected chi connectivity index (χ0v) is 10.6. The van der Waals surface area contributed by atoms with Crippen molar-refractivity contribution >= 4 is 5.69 Å². The number of nitrogens with zero attached hydrogens (tertiary/aromatic N) is 1. The minimum absolute atomic E-state index is 0.0926. The molecule has 17 heavy (non-hydrogen) atoms. The number of benzene rings is 1. The van der Waals surface area contributed by atoms with Gasteiger partial charge in [0.05, 0.1) is 13.2 Å². The smallest absolute Gasteiger partial charge is 0.120 e. The van der Waals surface area contributed by atoms with E-state index < -0.39 is 0 Å². The molecule has 0 radical (unpaired) electrons. The number of aliphatic hydroxyl groups is 1. The van der Waals surface area contributed by atoms with Crippen LogP contribution < -0.4 is 9.64 Å². The molecule has 0 saturated heterocycles. The molecule has 1 aromatic rings. The lowest BCUT2D eigenvalue weighted by Gasteiger charge is -2.34. The van der Waals surface area contributed by atoms with Crippen molar-refractivity contribution in [1.82, 2.24) is 0 Å². The van der Waals surface area contributed by atoms with E-state index in [1.165, 1.54) is 5.69 Å². The van der Waals surface area contributed by atoms with Crippen molar-refractivity contribution in [3.8, 4) is 5.75 Å². The van der Waals surface area contributed by atoms with Crippen molar-refractivity contribution in [2.45, 2.75) is 37.8 Å². The molecule has 0 aromatic heterocycles.